The van der Waals surface area contributed by atoms with Crippen molar-refractivity contribution in [3.63, 3.8) is 0 Å². The molecule has 1 N–H and O–H groups in total. The number of benzene rings is 1. The molecule has 1 aromatic carbocycles. The van der Waals surface area contributed by atoms with E-state index in [4.69, 9.17) is 9.15 Å². The molecule has 1 saturated carbocycles. The van der Waals surface area contributed by atoms with Gasteiger partial charge in [0.05, 0.1) is 12.7 Å². The fourth-order valence-electron chi connectivity index (χ4n) is 3.22. The van der Waals surface area contributed by atoms with Crippen LogP contribution in [0.1, 0.15) is 65.2 Å². The molecule has 6 heteroatoms. The van der Waals surface area contributed by atoms with E-state index in [-0.39, 0.29) is 18.6 Å². The van der Waals surface area contributed by atoms with Crippen molar-refractivity contribution in [2.45, 2.75) is 51.2 Å². The Morgan fingerprint density at radius 2 is 1.74 bits per heavy atom. The minimum atomic E-state index is -0.392. The Labute approximate surface area is 158 Å². The summed E-state index contributed by atoms with van der Waals surface area (Å²) in [6.45, 7) is 0.203. The van der Waals surface area contributed by atoms with Gasteiger partial charge in [0.1, 0.15) is 18.1 Å². The molecule has 1 amide bonds. The van der Waals surface area contributed by atoms with E-state index >= 15 is 0 Å². The van der Waals surface area contributed by atoms with Crippen LogP contribution >= 0.6 is 0 Å². The molecule has 0 bridgehead atoms. The first kappa shape index (κ1) is 19.0. The van der Waals surface area contributed by atoms with Crippen LogP contribution in [0.4, 0.5) is 0 Å². The topological polar surface area (TPSA) is 77.8 Å². The van der Waals surface area contributed by atoms with Crippen LogP contribution in [0.5, 0.6) is 5.75 Å². The summed E-state index contributed by atoms with van der Waals surface area (Å²) in [4.78, 5) is 23.8. The van der Waals surface area contributed by atoms with Gasteiger partial charge in [0, 0.05) is 6.04 Å². The number of nitrogens with one attached hydrogen (secondary N) is 1. The van der Waals surface area contributed by atoms with Crippen LogP contribution in [0.3, 0.4) is 0 Å². The molecule has 1 heterocycles. The predicted octanol–water partition coefficient (Wildman–Crippen LogP) is 4.10. The van der Waals surface area contributed by atoms with Crippen LogP contribution in [0, 0.1) is 0 Å². The van der Waals surface area contributed by atoms with E-state index in [1.54, 1.807) is 36.4 Å². The number of hydrogen-bond acceptors (Lipinski definition) is 5. The average molecular weight is 371 g/mol. The first-order chi connectivity index (χ1) is 13.2. The Balaban J connectivity index is 1.51. The van der Waals surface area contributed by atoms with E-state index in [0.29, 0.717) is 22.8 Å². The molecule has 1 aromatic heterocycles. The first-order valence-corrected chi connectivity index (χ1v) is 9.36. The number of rotatable bonds is 6. The van der Waals surface area contributed by atoms with Crippen molar-refractivity contribution in [3.05, 3.63) is 53.5 Å². The second-order valence-corrected chi connectivity index (χ2v) is 6.73. The van der Waals surface area contributed by atoms with Crippen LogP contribution in [0.2, 0.25) is 0 Å². The lowest BCUT2D eigenvalue weighted by Crippen LogP contribution is -2.34. The predicted molar refractivity (Wildman–Crippen MR) is 99.8 cm³/mol. The number of carbonyl (C=O) groups excluding carboxylic acids is 2. The Bertz CT molecular complexity index is 757. The third-order valence-electron chi connectivity index (χ3n) is 4.73. The van der Waals surface area contributed by atoms with Crippen molar-refractivity contribution in [1.82, 2.24) is 5.32 Å². The Morgan fingerprint density at radius 1 is 1.04 bits per heavy atom. The zero-order valence-corrected chi connectivity index (χ0v) is 15.5. The number of esters is 1. The number of furan rings is 1. The maximum Gasteiger partial charge on any atom is 0.337 e. The summed E-state index contributed by atoms with van der Waals surface area (Å²) in [7, 11) is 1.34. The highest BCUT2D eigenvalue weighted by Crippen LogP contribution is 2.19. The van der Waals surface area contributed by atoms with Gasteiger partial charge < -0.3 is 19.2 Å². The second-order valence-electron chi connectivity index (χ2n) is 6.73. The van der Waals surface area contributed by atoms with Gasteiger partial charge in [-0.1, -0.05) is 25.7 Å². The van der Waals surface area contributed by atoms with Gasteiger partial charge in [0.15, 0.2) is 5.76 Å². The highest BCUT2D eigenvalue weighted by Gasteiger charge is 2.18. The van der Waals surface area contributed by atoms with Crippen molar-refractivity contribution >= 4 is 11.9 Å². The van der Waals surface area contributed by atoms with E-state index in [1.165, 1.54) is 20.0 Å². The number of amides is 1. The number of hydrogen-bond donors (Lipinski definition) is 1. The van der Waals surface area contributed by atoms with Gasteiger partial charge in [-0.05, 0) is 49.2 Å². The van der Waals surface area contributed by atoms with Crippen molar-refractivity contribution in [2.75, 3.05) is 7.11 Å². The molecular weight excluding hydrogens is 346 g/mol. The Morgan fingerprint density at radius 3 is 2.41 bits per heavy atom. The summed E-state index contributed by atoms with van der Waals surface area (Å²) in [5, 5.41) is 3.07. The van der Waals surface area contributed by atoms with Crippen molar-refractivity contribution in [1.29, 1.82) is 0 Å². The molecule has 0 unspecified atom stereocenters. The molecule has 0 aliphatic heterocycles. The van der Waals surface area contributed by atoms with Crippen LogP contribution < -0.4 is 10.1 Å². The van der Waals surface area contributed by atoms with Crippen LogP contribution in [-0.2, 0) is 11.3 Å². The smallest absolute Gasteiger partial charge is 0.337 e. The number of carbonyl (C=O) groups is 2. The molecule has 27 heavy (non-hydrogen) atoms. The molecule has 1 aliphatic rings. The molecule has 0 atom stereocenters. The highest BCUT2D eigenvalue weighted by molar-refractivity contribution is 5.91. The lowest BCUT2D eigenvalue weighted by Gasteiger charge is -2.14. The number of ether oxygens (including phenoxy) is 2. The zero-order valence-electron chi connectivity index (χ0n) is 15.5. The number of methoxy groups -OCH3 is 1. The van der Waals surface area contributed by atoms with Crippen molar-refractivity contribution < 1.29 is 23.5 Å². The largest absolute Gasteiger partial charge is 0.486 e. The van der Waals surface area contributed by atoms with E-state index < -0.39 is 5.97 Å². The van der Waals surface area contributed by atoms with Gasteiger partial charge in [-0.15, -0.1) is 0 Å². The quantitative estimate of drug-likeness (QED) is 0.611. The maximum atomic E-state index is 12.4. The third kappa shape index (κ3) is 5.36. The van der Waals surface area contributed by atoms with Gasteiger partial charge in [-0.2, -0.15) is 0 Å². The normalized spacial score (nSPS) is 15.0. The standard InChI is InChI=1S/C21H25NO5/c1-25-21(24)15-8-10-17(11-9-15)26-14-18-12-13-19(27-18)20(23)22-16-6-4-2-3-5-7-16/h8-13,16H,2-7,14H2,1H3,(H,22,23). The SMILES string of the molecule is COC(=O)c1ccc(OCc2ccc(C(=O)NC3CCCCCC3)o2)cc1. The fourth-order valence-corrected chi connectivity index (χ4v) is 3.22. The molecule has 6 nitrogen and oxygen atoms in total. The molecule has 2 aromatic rings. The summed E-state index contributed by atoms with van der Waals surface area (Å²) in [5.74, 6) is 0.910. The highest BCUT2D eigenvalue weighted by atomic mass is 16.5. The van der Waals surface area contributed by atoms with Gasteiger partial charge in [0.25, 0.3) is 5.91 Å². The van der Waals surface area contributed by atoms with E-state index in [9.17, 15) is 9.59 Å². The average Bonchev–Trinajstić information content (AvgIpc) is 3.03. The van der Waals surface area contributed by atoms with Gasteiger partial charge in [-0.25, -0.2) is 4.79 Å². The fraction of sp³-hybridized carbons (Fsp3) is 0.429. The third-order valence-corrected chi connectivity index (χ3v) is 4.73. The molecule has 144 valence electrons. The molecule has 3 rings (SSSR count). The summed E-state index contributed by atoms with van der Waals surface area (Å²) in [6, 6.07) is 10.3. The maximum absolute atomic E-state index is 12.4. The lowest BCUT2D eigenvalue weighted by atomic mass is 10.1. The Hall–Kier alpha value is -2.76. The van der Waals surface area contributed by atoms with E-state index in [0.717, 1.165) is 25.7 Å². The zero-order chi connectivity index (χ0) is 19.1. The summed E-state index contributed by atoms with van der Waals surface area (Å²) in [6.07, 6.45) is 6.88. The molecular formula is C21H25NO5. The van der Waals surface area contributed by atoms with Gasteiger partial charge in [-0.3, -0.25) is 4.79 Å². The minimum Gasteiger partial charge on any atom is -0.486 e. The lowest BCUT2D eigenvalue weighted by molar-refractivity contribution is 0.0600. The van der Waals surface area contributed by atoms with Crippen LogP contribution in [0.25, 0.3) is 0 Å². The van der Waals surface area contributed by atoms with E-state index in [2.05, 4.69) is 10.1 Å². The van der Waals surface area contributed by atoms with Crippen LogP contribution in [-0.4, -0.2) is 25.0 Å². The Kier molecular flexibility index (Phi) is 6.52. The first-order valence-electron chi connectivity index (χ1n) is 9.36. The summed E-state index contributed by atoms with van der Waals surface area (Å²) >= 11 is 0. The van der Waals surface area contributed by atoms with E-state index in [1.807, 2.05) is 0 Å². The second kappa shape index (κ2) is 9.26. The molecule has 0 spiro atoms. The van der Waals surface area contributed by atoms with Gasteiger partial charge in [0.2, 0.25) is 0 Å². The van der Waals surface area contributed by atoms with Crippen LogP contribution in [0.15, 0.2) is 40.8 Å². The summed E-state index contributed by atoms with van der Waals surface area (Å²) < 4.78 is 15.9. The minimum absolute atomic E-state index is 0.171. The monoisotopic (exact) mass is 371 g/mol. The molecule has 0 saturated heterocycles. The summed E-state index contributed by atoms with van der Waals surface area (Å²) in [5.41, 5.74) is 0.459. The molecule has 1 fully saturated rings. The molecule has 1 aliphatic carbocycles. The molecule has 0 radical (unpaired) electrons. The van der Waals surface area contributed by atoms with Gasteiger partial charge >= 0.3 is 5.97 Å². The van der Waals surface area contributed by atoms with Crippen molar-refractivity contribution in [2.24, 2.45) is 0 Å². The van der Waals surface area contributed by atoms with Crippen molar-refractivity contribution in [3.8, 4) is 5.75 Å².